The smallest absolute Gasteiger partial charge is 0.273 e. The van der Waals surface area contributed by atoms with Gasteiger partial charge in [-0.3, -0.25) is 9.30 Å². The first kappa shape index (κ1) is 17.5. The van der Waals surface area contributed by atoms with Crippen molar-refractivity contribution in [1.29, 1.82) is 0 Å². The first-order valence-electron chi connectivity index (χ1n) is 4.74. The van der Waals surface area contributed by atoms with Crippen LogP contribution in [-0.4, -0.2) is 34.1 Å². The van der Waals surface area contributed by atoms with Gasteiger partial charge in [-0.05, 0) is 0 Å². The Balaban J connectivity index is 2.99. The summed E-state index contributed by atoms with van der Waals surface area (Å²) in [6.07, 6.45) is -16.6. The van der Waals surface area contributed by atoms with Gasteiger partial charge in [0, 0.05) is 12.4 Å². The van der Waals surface area contributed by atoms with Gasteiger partial charge in [0.05, 0.1) is 6.33 Å². The van der Waals surface area contributed by atoms with E-state index in [1.807, 2.05) is 0 Å². The van der Waals surface area contributed by atoms with Crippen molar-refractivity contribution in [2.75, 3.05) is 0 Å². The molecule has 21 heavy (non-hydrogen) atoms. The van der Waals surface area contributed by atoms with Crippen LogP contribution in [0.3, 0.4) is 0 Å². The van der Waals surface area contributed by atoms with E-state index in [4.69, 9.17) is 0 Å². The molecule has 1 aromatic rings. The molecule has 13 heteroatoms. The zero-order chi connectivity index (χ0) is 16.7. The molecule has 0 amide bonds. The lowest BCUT2D eigenvalue weighted by atomic mass is 10.3. The van der Waals surface area contributed by atoms with E-state index in [0.29, 0.717) is 12.4 Å². The number of imidazole rings is 1. The molecule has 0 bridgehead atoms. The monoisotopic (exact) mass is 334 g/mol. The fourth-order valence-corrected chi connectivity index (χ4v) is 0.993. The molecule has 1 rings (SSSR count). The third-order valence-electron chi connectivity index (χ3n) is 2.09. The van der Waals surface area contributed by atoms with Crippen molar-refractivity contribution in [3.63, 3.8) is 0 Å². The van der Waals surface area contributed by atoms with Gasteiger partial charge in [0.2, 0.25) is 0 Å². The molecule has 0 spiro atoms. The second kappa shape index (κ2) is 5.03. The third kappa shape index (κ3) is 3.06. The zero-order valence-electron chi connectivity index (χ0n) is 9.39. The summed E-state index contributed by atoms with van der Waals surface area (Å²) in [5.74, 6) is -6.87. The van der Waals surface area contributed by atoms with Gasteiger partial charge in [-0.15, -0.1) is 0 Å². The highest BCUT2D eigenvalue weighted by Crippen LogP contribution is 2.48. The first-order chi connectivity index (χ1) is 9.23. The second-order valence-corrected chi connectivity index (χ2v) is 3.58. The number of ether oxygens (including phenoxy) is 1. The predicted molar refractivity (Wildman–Crippen MR) is 44.3 cm³/mol. The molecule has 0 saturated carbocycles. The van der Waals surface area contributed by atoms with Gasteiger partial charge in [-0.25, -0.2) is 9.37 Å². The molecule has 0 fully saturated rings. The molecule has 0 radical (unpaired) electrons. The number of nitrogens with zero attached hydrogens (tertiary/aromatic N) is 2. The minimum absolute atomic E-state index is 0.218. The zero-order valence-corrected chi connectivity index (χ0v) is 9.39. The van der Waals surface area contributed by atoms with Gasteiger partial charge in [0.25, 0.3) is 6.36 Å². The Bertz CT molecular complexity index is 468. The Hall–Kier alpha value is -1.53. The van der Waals surface area contributed by atoms with Gasteiger partial charge < -0.3 is 0 Å². The van der Waals surface area contributed by atoms with Gasteiger partial charge in [0.1, 0.15) is 0 Å². The summed E-state index contributed by atoms with van der Waals surface area (Å²) in [7, 11) is 0. The average Bonchev–Trinajstić information content (AvgIpc) is 2.80. The molecular weight excluding hydrogens is 330 g/mol. The highest BCUT2D eigenvalue weighted by Gasteiger charge is 2.76. The lowest BCUT2D eigenvalue weighted by Gasteiger charge is -2.30. The highest BCUT2D eigenvalue weighted by molar-refractivity contribution is 4.87. The van der Waals surface area contributed by atoms with Crippen molar-refractivity contribution in [2.45, 2.75) is 30.6 Å². The molecule has 1 atom stereocenters. The topological polar surface area (TPSA) is 27.1 Å². The van der Waals surface area contributed by atoms with Gasteiger partial charge in [-0.2, -0.15) is 39.5 Å². The molecule has 1 unspecified atom stereocenters. The van der Waals surface area contributed by atoms with Crippen molar-refractivity contribution < 1.29 is 48.6 Å². The number of rotatable bonds is 5. The second-order valence-electron chi connectivity index (χ2n) is 3.58. The summed E-state index contributed by atoms with van der Waals surface area (Å²) in [4.78, 5) is 3.00. The van der Waals surface area contributed by atoms with Crippen molar-refractivity contribution in [2.24, 2.45) is 0 Å². The fraction of sp³-hybridized carbons (Fsp3) is 0.625. The Kier molecular flexibility index (Phi) is 4.20. The lowest BCUT2D eigenvalue weighted by Crippen LogP contribution is -2.55. The predicted octanol–water partition coefficient (Wildman–Crippen LogP) is 3.54. The third-order valence-corrected chi connectivity index (χ3v) is 2.09. The summed E-state index contributed by atoms with van der Waals surface area (Å²) in [6, 6.07) is -4.98. The summed E-state index contributed by atoms with van der Waals surface area (Å²) in [6.45, 7) is 0. The van der Waals surface area contributed by atoms with Crippen LogP contribution in [0.2, 0.25) is 0 Å². The average molecular weight is 334 g/mol. The normalized spacial score (nSPS) is 16.1. The minimum atomic E-state index is -6.87. The molecule has 1 aromatic heterocycles. The van der Waals surface area contributed by atoms with Crippen LogP contribution in [0.4, 0.5) is 43.9 Å². The maximum Gasteiger partial charge on any atom is 0.462 e. The van der Waals surface area contributed by atoms with Crippen LogP contribution in [0.15, 0.2) is 18.7 Å². The number of alkyl halides is 10. The fourth-order valence-electron chi connectivity index (χ4n) is 0.993. The van der Waals surface area contributed by atoms with Crippen LogP contribution in [0.25, 0.3) is 0 Å². The van der Waals surface area contributed by atoms with Crippen LogP contribution in [0.1, 0.15) is 0 Å². The van der Waals surface area contributed by atoms with E-state index in [9.17, 15) is 43.9 Å². The van der Waals surface area contributed by atoms with Crippen molar-refractivity contribution in [3.8, 4) is 0 Å². The Morgan fingerprint density at radius 2 is 1.48 bits per heavy atom. The van der Waals surface area contributed by atoms with E-state index < -0.39 is 35.2 Å². The van der Waals surface area contributed by atoms with Crippen LogP contribution in [-0.2, 0) is 10.8 Å². The van der Waals surface area contributed by atoms with Crippen LogP contribution >= 0.6 is 0 Å². The van der Waals surface area contributed by atoms with Crippen molar-refractivity contribution >= 4 is 0 Å². The summed E-state index contributed by atoms with van der Waals surface area (Å²) < 4.78 is 126. The van der Waals surface area contributed by atoms with Gasteiger partial charge in [0.15, 0.2) is 0 Å². The van der Waals surface area contributed by atoms with E-state index in [0.717, 1.165) is 0 Å². The Labute approximate surface area is 109 Å². The van der Waals surface area contributed by atoms with E-state index in [1.54, 1.807) is 0 Å². The van der Waals surface area contributed by atoms with Gasteiger partial charge >= 0.3 is 24.3 Å². The summed E-state index contributed by atoms with van der Waals surface area (Å²) >= 11 is 0. The molecule has 0 aliphatic heterocycles. The Morgan fingerprint density at radius 1 is 0.952 bits per heavy atom. The molecule has 0 aliphatic rings. The number of halogens is 10. The number of hydrogen-bond acceptors (Lipinski definition) is 2. The Morgan fingerprint density at radius 3 is 1.86 bits per heavy atom. The van der Waals surface area contributed by atoms with E-state index in [2.05, 4.69) is 9.72 Å². The standard InChI is InChI=1S/C8H4F10N2O/c9-4(5(10,11)20-2-1-19-3-20)21-8(17,18)6(12,13)7(14,15)16/h1-4H. The maximum absolute atomic E-state index is 13.2. The van der Waals surface area contributed by atoms with Crippen molar-refractivity contribution in [1.82, 2.24) is 9.55 Å². The minimum Gasteiger partial charge on any atom is -0.273 e. The van der Waals surface area contributed by atoms with E-state index >= 15 is 0 Å². The lowest BCUT2D eigenvalue weighted by molar-refractivity contribution is -0.455. The SMILES string of the molecule is FC(OC(F)(F)C(F)(F)C(F)(F)F)C(F)(F)n1ccnc1. The van der Waals surface area contributed by atoms with Crippen LogP contribution < -0.4 is 0 Å². The van der Waals surface area contributed by atoms with Gasteiger partial charge in [-0.1, -0.05) is 0 Å². The molecule has 0 aliphatic carbocycles. The highest BCUT2D eigenvalue weighted by atomic mass is 19.4. The molecule has 3 nitrogen and oxygen atoms in total. The maximum atomic E-state index is 13.2. The van der Waals surface area contributed by atoms with Crippen LogP contribution in [0.5, 0.6) is 0 Å². The molecule has 122 valence electrons. The number of aromatic nitrogens is 2. The summed E-state index contributed by atoms with van der Waals surface area (Å²) in [5, 5.41) is 0. The molecule has 0 N–H and O–H groups in total. The van der Waals surface area contributed by atoms with Crippen LogP contribution in [0, 0.1) is 0 Å². The number of hydrogen-bond donors (Lipinski definition) is 0. The van der Waals surface area contributed by atoms with E-state index in [1.165, 1.54) is 0 Å². The molecule has 0 saturated heterocycles. The summed E-state index contributed by atoms with van der Waals surface area (Å²) in [5.41, 5.74) is 0. The van der Waals surface area contributed by atoms with E-state index in [-0.39, 0.29) is 6.33 Å². The molecular formula is C8H4F10N2O. The molecule has 1 heterocycles. The quantitative estimate of drug-likeness (QED) is 0.771. The first-order valence-corrected chi connectivity index (χ1v) is 4.74. The van der Waals surface area contributed by atoms with Crippen molar-refractivity contribution in [3.05, 3.63) is 18.7 Å². The largest absolute Gasteiger partial charge is 0.462 e. The molecule has 0 aromatic carbocycles.